The molecule has 0 aliphatic carbocycles. The largest absolute Gasteiger partial charge is 0.494 e. The van der Waals surface area contributed by atoms with Gasteiger partial charge < -0.3 is 9.47 Å². The van der Waals surface area contributed by atoms with Crippen LogP contribution in [0.2, 0.25) is 0 Å². The average molecular weight is 291 g/mol. The smallest absolute Gasteiger partial charge is 0.330 e. The van der Waals surface area contributed by atoms with Crippen LogP contribution < -0.4 is 0 Å². The molecule has 0 saturated carbocycles. The summed E-state index contributed by atoms with van der Waals surface area (Å²) < 4.78 is 9.94. The van der Waals surface area contributed by atoms with Crippen molar-refractivity contribution < 1.29 is 19.2 Å². The van der Waals surface area contributed by atoms with Gasteiger partial charge in [0.25, 0.3) is 5.69 Å². The van der Waals surface area contributed by atoms with E-state index in [0.717, 1.165) is 0 Å². The number of hydrogen-bond acceptors (Lipinski definition) is 5. The summed E-state index contributed by atoms with van der Waals surface area (Å²) in [5.41, 5.74) is 0.706. The van der Waals surface area contributed by atoms with Gasteiger partial charge in [0.15, 0.2) is 0 Å². The van der Waals surface area contributed by atoms with Crippen LogP contribution in [0, 0.1) is 10.1 Å². The van der Waals surface area contributed by atoms with E-state index in [0.29, 0.717) is 17.7 Å². The third-order valence-electron chi connectivity index (χ3n) is 2.54. The van der Waals surface area contributed by atoms with E-state index < -0.39 is 10.9 Å². The molecule has 0 spiro atoms. The Hall–Kier alpha value is -2.63. The first kappa shape index (κ1) is 16.4. The summed E-state index contributed by atoms with van der Waals surface area (Å²) in [4.78, 5) is 21.8. The van der Waals surface area contributed by atoms with Crippen LogP contribution in [-0.2, 0) is 14.3 Å². The maximum Gasteiger partial charge on any atom is 0.330 e. The predicted molar refractivity (Wildman–Crippen MR) is 79.4 cm³/mol. The van der Waals surface area contributed by atoms with Gasteiger partial charge in [-0.2, -0.15) is 0 Å². The lowest BCUT2D eigenvalue weighted by Gasteiger charge is -2.08. The molecule has 6 nitrogen and oxygen atoms in total. The molecule has 112 valence electrons. The van der Waals surface area contributed by atoms with Crippen molar-refractivity contribution in [1.82, 2.24) is 0 Å². The Morgan fingerprint density at radius 2 is 2.00 bits per heavy atom. The second kappa shape index (κ2) is 7.84. The molecule has 0 aliphatic rings. The summed E-state index contributed by atoms with van der Waals surface area (Å²) in [5, 5.41) is 11.1. The number of hydrogen-bond donors (Lipinski definition) is 0. The van der Waals surface area contributed by atoms with Gasteiger partial charge in [0, 0.05) is 12.1 Å². The van der Waals surface area contributed by atoms with Gasteiger partial charge in [0.2, 0.25) is 0 Å². The molecule has 1 aromatic carbocycles. The summed E-state index contributed by atoms with van der Waals surface area (Å²) in [7, 11) is 0. The molecule has 1 aromatic rings. The Labute approximate surface area is 122 Å². The van der Waals surface area contributed by atoms with E-state index in [4.69, 9.17) is 9.47 Å². The lowest BCUT2D eigenvalue weighted by atomic mass is 10.1. The predicted octanol–water partition coefficient (Wildman–Crippen LogP) is 3.18. The molecule has 0 radical (unpaired) electrons. The molecular formula is C15H17NO5. The first-order valence-electron chi connectivity index (χ1n) is 6.44. The van der Waals surface area contributed by atoms with Crippen LogP contribution in [0.25, 0.3) is 11.8 Å². The molecule has 0 fully saturated rings. The second-order valence-electron chi connectivity index (χ2n) is 3.98. The fraction of sp³-hybridized carbons (Fsp3) is 0.267. The Kier molecular flexibility index (Phi) is 6.13. The first-order valence-corrected chi connectivity index (χ1v) is 6.44. The maximum absolute atomic E-state index is 11.2. The highest BCUT2D eigenvalue weighted by Crippen LogP contribution is 2.27. The second-order valence-corrected chi connectivity index (χ2v) is 3.98. The van der Waals surface area contributed by atoms with Crippen LogP contribution in [0.4, 0.5) is 5.69 Å². The highest BCUT2D eigenvalue weighted by molar-refractivity contribution is 5.87. The Bertz CT molecular complexity index is 577. The monoisotopic (exact) mass is 291 g/mol. The average Bonchev–Trinajstić information content (AvgIpc) is 2.45. The van der Waals surface area contributed by atoms with Gasteiger partial charge in [-0.25, -0.2) is 4.79 Å². The minimum atomic E-state index is -0.513. The molecule has 0 unspecified atom stereocenters. The summed E-state index contributed by atoms with van der Waals surface area (Å²) in [6, 6.07) is 4.54. The summed E-state index contributed by atoms with van der Waals surface area (Å²) >= 11 is 0. The Morgan fingerprint density at radius 3 is 2.57 bits per heavy atom. The zero-order valence-corrected chi connectivity index (χ0v) is 12.0. The Morgan fingerprint density at radius 1 is 1.33 bits per heavy atom. The lowest BCUT2D eigenvalue weighted by Crippen LogP contribution is -1.99. The van der Waals surface area contributed by atoms with E-state index in [1.165, 1.54) is 18.2 Å². The van der Waals surface area contributed by atoms with Crippen molar-refractivity contribution in [2.24, 2.45) is 0 Å². The van der Waals surface area contributed by atoms with Gasteiger partial charge in [-0.05, 0) is 31.6 Å². The van der Waals surface area contributed by atoms with Crippen LogP contribution in [0.15, 0.2) is 30.9 Å². The van der Waals surface area contributed by atoms with Gasteiger partial charge in [-0.15, -0.1) is 0 Å². The number of carbonyl (C=O) groups is 1. The zero-order chi connectivity index (χ0) is 15.8. The zero-order valence-electron chi connectivity index (χ0n) is 12.0. The van der Waals surface area contributed by atoms with Crippen LogP contribution in [0.5, 0.6) is 0 Å². The third kappa shape index (κ3) is 4.76. The van der Waals surface area contributed by atoms with Crippen molar-refractivity contribution in [3.8, 4) is 0 Å². The molecule has 0 bridgehead atoms. The van der Waals surface area contributed by atoms with Gasteiger partial charge in [-0.1, -0.05) is 12.6 Å². The van der Waals surface area contributed by atoms with E-state index in [1.807, 2.05) is 0 Å². The molecule has 6 heteroatoms. The number of carbonyl (C=O) groups excluding carboxylic acids is 1. The van der Waals surface area contributed by atoms with Gasteiger partial charge in [0.05, 0.1) is 23.7 Å². The summed E-state index contributed by atoms with van der Waals surface area (Å²) in [6.45, 7) is 7.79. The number of nitrogens with zero attached hydrogens (tertiary/aromatic N) is 1. The topological polar surface area (TPSA) is 78.7 Å². The fourth-order valence-corrected chi connectivity index (χ4v) is 1.65. The highest BCUT2D eigenvalue weighted by atomic mass is 16.6. The van der Waals surface area contributed by atoms with Crippen molar-refractivity contribution in [3.05, 3.63) is 52.1 Å². The molecule has 0 aromatic heterocycles. The van der Waals surface area contributed by atoms with Gasteiger partial charge in [0.1, 0.15) is 5.76 Å². The molecule has 0 amide bonds. The van der Waals surface area contributed by atoms with Crippen molar-refractivity contribution in [2.75, 3.05) is 13.2 Å². The maximum atomic E-state index is 11.2. The number of esters is 1. The minimum absolute atomic E-state index is 0.126. The number of ether oxygens (including phenoxy) is 2. The number of benzene rings is 1. The SMILES string of the molecule is C=C(OCC)c1ccc(/C=C/C(=O)OCC)cc1[N+](=O)[O-]. The molecule has 0 aliphatic heterocycles. The summed E-state index contributed by atoms with van der Waals surface area (Å²) in [5.74, 6) is -0.256. The van der Waals surface area contributed by atoms with Crippen LogP contribution in [-0.4, -0.2) is 24.1 Å². The molecule has 0 heterocycles. The molecule has 0 saturated heterocycles. The standard InChI is InChI=1S/C15H17NO5/c1-4-20-11(3)13-8-6-12(10-14(13)16(18)19)7-9-15(17)21-5-2/h6-10H,3-5H2,1-2H3/b9-7+. The quantitative estimate of drug-likeness (QED) is 0.253. The van der Waals surface area contributed by atoms with E-state index in [-0.39, 0.29) is 18.1 Å². The lowest BCUT2D eigenvalue weighted by molar-refractivity contribution is -0.385. The molecule has 0 atom stereocenters. The van der Waals surface area contributed by atoms with Crippen LogP contribution >= 0.6 is 0 Å². The van der Waals surface area contributed by atoms with E-state index in [1.54, 1.807) is 26.0 Å². The van der Waals surface area contributed by atoms with E-state index in [2.05, 4.69) is 6.58 Å². The van der Waals surface area contributed by atoms with Gasteiger partial charge >= 0.3 is 5.97 Å². The van der Waals surface area contributed by atoms with Crippen molar-refractivity contribution in [1.29, 1.82) is 0 Å². The number of rotatable bonds is 7. The summed E-state index contributed by atoms with van der Waals surface area (Å²) in [6.07, 6.45) is 2.68. The van der Waals surface area contributed by atoms with Crippen molar-refractivity contribution in [2.45, 2.75) is 13.8 Å². The molecular weight excluding hydrogens is 274 g/mol. The van der Waals surface area contributed by atoms with E-state index in [9.17, 15) is 14.9 Å². The van der Waals surface area contributed by atoms with Crippen molar-refractivity contribution >= 4 is 23.5 Å². The fourth-order valence-electron chi connectivity index (χ4n) is 1.65. The third-order valence-corrected chi connectivity index (χ3v) is 2.54. The van der Waals surface area contributed by atoms with E-state index >= 15 is 0 Å². The Balaban J connectivity index is 3.06. The minimum Gasteiger partial charge on any atom is -0.494 e. The highest BCUT2D eigenvalue weighted by Gasteiger charge is 2.17. The molecule has 21 heavy (non-hydrogen) atoms. The van der Waals surface area contributed by atoms with Gasteiger partial charge in [-0.3, -0.25) is 10.1 Å². The number of nitro groups is 1. The molecule has 1 rings (SSSR count). The van der Waals surface area contributed by atoms with Crippen LogP contribution in [0.3, 0.4) is 0 Å². The molecule has 0 N–H and O–H groups in total. The first-order chi connectivity index (χ1) is 9.99. The van der Waals surface area contributed by atoms with Crippen LogP contribution in [0.1, 0.15) is 25.0 Å². The normalized spacial score (nSPS) is 10.4. The number of nitro benzene ring substituents is 1. The van der Waals surface area contributed by atoms with Crippen molar-refractivity contribution in [3.63, 3.8) is 0 Å².